The molecule has 4 nitrogen and oxygen atoms in total. The summed E-state index contributed by atoms with van der Waals surface area (Å²) in [6.45, 7) is 3.40. The SMILES string of the molecule is Cc1ccc2nc(N(CC3CCCO3)C(=O)Cc3ccc(-c4ccccc4)cc3)sc2c1. The van der Waals surface area contributed by atoms with Crippen molar-refractivity contribution in [1.29, 1.82) is 0 Å². The Labute approximate surface area is 192 Å². The lowest BCUT2D eigenvalue weighted by Gasteiger charge is -2.23. The van der Waals surface area contributed by atoms with Crippen LogP contribution in [0, 0.1) is 6.92 Å². The van der Waals surface area contributed by atoms with Crippen LogP contribution in [0.2, 0.25) is 0 Å². The molecule has 0 spiro atoms. The quantitative estimate of drug-likeness (QED) is 0.366. The highest BCUT2D eigenvalue weighted by Crippen LogP contribution is 2.31. The highest BCUT2D eigenvalue weighted by molar-refractivity contribution is 7.22. The van der Waals surface area contributed by atoms with Crippen LogP contribution in [0.4, 0.5) is 5.13 Å². The highest BCUT2D eigenvalue weighted by Gasteiger charge is 2.26. The van der Waals surface area contributed by atoms with E-state index in [4.69, 9.17) is 9.72 Å². The molecule has 32 heavy (non-hydrogen) atoms. The number of carbonyl (C=O) groups is 1. The van der Waals surface area contributed by atoms with Gasteiger partial charge in [-0.3, -0.25) is 9.69 Å². The fourth-order valence-electron chi connectivity index (χ4n) is 4.13. The highest BCUT2D eigenvalue weighted by atomic mass is 32.1. The van der Waals surface area contributed by atoms with Crippen molar-refractivity contribution in [2.75, 3.05) is 18.1 Å². The van der Waals surface area contributed by atoms with Gasteiger partial charge >= 0.3 is 0 Å². The lowest BCUT2D eigenvalue weighted by atomic mass is 10.0. The van der Waals surface area contributed by atoms with E-state index in [1.165, 1.54) is 11.1 Å². The number of carbonyl (C=O) groups excluding carboxylic acids is 1. The second-order valence-electron chi connectivity index (χ2n) is 8.35. The lowest BCUT2D eigenvalue weighted by molar-refractivity contribution is -0.118. The van der Waals surface area contributed by atoms with E-state index in [-0.39, 0.29) is 12.0 Å². The van der Waals surface area contributed by atoms with Crippen LogP contribution in [0.3, 0.4) is 0 Å². The van der Waals surface area contributed by atoms with Gasteiger partial charge in [-0.15, -0.1) is 0 Å². The molecule has 0 aliphatic carbocycles. The first kappa shape index (κ1) is 20.9. The van der Waals surface area contributed by atoms with Crippen LogP contribution in [0.5, 0.6) is 0 Å². The number of nitrogens with zero attached hydrogens (tertiary/aromatic N) is 2. The molecule has 1 fully saturated rings. The van der Waals surface area contributed by atoms with Crippen LogP contribution in [-0.4, -0.2) is 30.1 Å². The molecule has 0 saturated carbocycles. The number of fused-ring (bicyclic) bond motifs is 1. The summed E-state index contributed by atoms with van der Waals surface area (Å²) in [5.41, 5.74) is 5.47. The standard InChI is InChI=1S/C27H26N2O2S/c1-19-9-14-24-25(16-19)32-27(28-24)29(18-23-8-5-15-31-23)26(30)17-20-10-12-22(13-11-20)21-6-3-2-4-7-21/h2-4,6-7,9-14,16,23H,5,8,15,17-18H2,1H3. The van der Waals surface area contributed by atoms with Crippen LogP contribution in [0.15, 0.2) is 72.8 Å². The van der Waals surface area contributed by atoms with Crippen molar-refractivity contribution in [3.8, 4) is 11.1 Å². The van der Waals surface area contributed by atoms with Crippen LogP contribution in [0.1, 0.15) is 24.0 Å². The molecule has 1 atom stereocenters. The number of ether oxygens (including phenoxy) is 1. The Morgan fingerprint density at radius 2 is 1.84 bits per heavy atom. The molecule has 0 bridgehead atoms. The monoisotopic (exact) mass is 442 g/mol. The maximum absolute atomic E-state index is 13.4. The van der Waals surface area contributed by atoms with E-state index in [9.17, 15) is 4.79 Å². The molecule has 162 valence electrons. The molecule has 1 aliphatic heterocycles. The van der Waals surface area contributed by atoms with Crippen molar-refractivity contribution in [2.24, 2.45) is 0 Å². The van der Waals surface area contributed by atoms with Gasteiger partial charge in [0, 0.05) is 6.61 Å². The zero-order valence-corrected chi connectivity index (χ0v) is 19.0. The molecule has 1 amide bonds. The van der Waals surface area contributed by atoms with Gasteiger partial charge in [-0.2, -0.15) is 0 Å². The van der Waals surface area contributed by atoms with Crippen molar-refractivity contribution >= 4 is 32.6 Å². The zero-order valence-electron chi connectivity index (χ0n) is 18.2. The predicted octanol–water partition coefficient (Wildman–Crippen LogP) is 6.03. The van der Waals surface area contributed by atoms with Gasteiger partial charge in [0.2, 0.25) is 5.91 Å². The number of hydrogen-bond acceptors (Lipinski definition) is 4. The van der Waals surface area contributed by atoms with Gasteiger partial charge in [0.1, 0.15) is 0 Å². The molecule has 2 heterocycles. The Hall–Kier alpha value is -3.02. The largest absolute Gasteiger partial charge is 0.376 e. The zero-order chi connectivity index (χ0) is 21.9. The molecule has 0 N–H and O–H groups in total. The Kier molecular flexibility index (Phi) is 6.02. The van der Waals surface area contributed by atoms with E-state index in [1.54, 1.807) is 11.3 Å². The second-order valence-corrected chi connectivity index (χ2v) is 9.36. The predicted molar refractivity (Wildman–Crippen MR) is 131 cm³/mol. The summed E-state index contributed by atoms with van der Waals surface area (Å²) in [6.07, 6.45) is 2.45. The van der Waals surface area contributed by atoms with Gasteiger partial charge in [0.05, 0.1) is 29.3 Å². The Morgan fingerprint density at radius 3 is 2.59 bits per heavy atom. The minimum Gasteiger partial charge on any atom is -0.376 e. The van der Waals surface area contributed by atoms with Gasteiger partial charge < -0.3 is 4.74 Å². The molecule has 1 aliphatic rings. The van der Waals surface area contributed by atoms with Gasteiger partial charge in [-0.1, -0.05) is 72.0 Å². The van der Waals surface area contributed by atoms with Crippen LogP contribution < -0.4 is 4.90 Å². The van der Waals surface area contributed by atoms with Gasteiger partial charge in [0.15, 0.2) is 5.13 Å². The minimum atomic E-state index is 0.0590. The van der Waals surface area contributed by atoms with Gasteiger partial charge in [-0.25, -0.2) is 4.98 Å². The molecule has 4 aromatic rings. The summed E-state index contributed by atoms with van der Waals surface area (Å²) < 4.78 is 6.95. The number of hydrogen-bond donors (Lipinski definition) is 0. The van der Waals surface area contributed by atoms with E-state index in [0.29, 0.717) is 13.0 Å². The summed E-state index contributed by atoms with van der Waals surface area (Å²) in [7, 11) is 0. The van der Waals surface area contributed by atoms with Crippen molar-refractivity contribution in [1.82, 2.24) is 4.98 Å². The fourth-order valence-corrected chi connectivity index (χ4v) is 5.22. The second kappa shape index (κ2) is 9.23. The molecular weight excluding hydrogens is 416 g/mol. The average molecular weight is 443 g/mol. The molecule has 1 saturated heterocycles. The third kappa shape index (κ3) is 4.59. The summed E-state index contributed by atoms with van der Waals surface area (Å²) >= 11 is 1.58. The Morgan fingerprint density at radius 1 is 1.06 bits per heavy atom. The summed E-state index contributed by atoms with van der Waals surface area (Å²) in [4.78, 5) is 20.1. The molecule has 0 radical (unpaired) electrons. The summed E-state index contributed by atoms with van der Waals surface area (Å²) in [6, 6.07) is 24.8. The maximum Gasteiger partial charge on any atom is 0.233 e. The number of anilines is 1. The Bertz CT molecular complexity index is 1210. The first-order chi connectivity index (χ1) is 15.7. The normalized spacial score (nSPS) is 15.8. The summed E-state index contributed by atoms with van der Waals surface area (Å²) in [5, 5.41) is 0.756. The first-order valence-corrected chi connectivity index (χ1v) is 11.9. The Balaban J connectivity index is 1.38. The van der Waals surface area contributed by atoms with Crippen LogP contribution in [-0.2, 0) is 16.0 Å². The average Bonchev–Trinajstić information content (AvgIpc) is 3.48. The van der Waals surface area contributed by atoms with Crippen molar-refractivity contribution in [3.63, 3.8) is 0 Å². The van der Waals surface area contributed by atoms with E-state index in [0.717, 1.165) is 45.9 Å². The lowest BCUT2D eigenvalue weighted by Crippen LogP contribution is -2.38. The van der Waals surface area contributed by atoms with E-state index in [2.05, 4.69) is 43.3 Å². The number of aryl methyl sites for hydroxylation is 1. The number of benzene rings is 3. The van der Waals surface area contributed by atoms with E-state index < -0.39 is 0 Å². The summed E-state index contributed by atoms with van der Waals surface area (Å²) in [5.74, 6) is 0.0590. The molecule has 5 heteroatoms. The smallest absolute Gasteiger partial charge is 0.233 e. The van der Waals surface area contributed by atoms with E-state index in [1.807, 2.05) is 41.3 Å². The van der Waals surface area contributed by atoms with E-state index >= 15 is 0 Å². The molecule has 5 rings (SSSR count). The van der Waals surface area contributed by atoms with Gasteiger partial charge in [0.25, 0.3) is 0 Å². The topological polar surface area (TPSA) is 42.4 Å². The van der Waals surface area contributed by atoms with Gasteiger partial charge in [-0.05, 0) is 54.2 Å². The number of rotatable bonds is 6. The third-order valence-electron chi connectivity index (χ3n) is 5.89. The molecular formula is C27H26N2O2S. The first-order valence-electron chi connectivity index (χ1n) is 11.1. The van der Waals surface area contributed by atoms with Crippen LogP contribution >= 0.6 is 11.3 Å². The number of thiazole rings is 1. The third-order valence-corrected chi connectivity index (χ3v) is 6.93. The van der Waals surface area contributed by atoms with Crippen molar-refractivity contribution in [3.05, 3.63) is 83.9 Å². The van der Waals surface area contributed by atoms with Crippen molar-refractivity contribution in [2.45, 2.75) is 32.3 Å². The molecule has 1 unspecified atom stereocenters. The number of aromatic nitrogens is 1. The minimum absolute atomic E-state index is 0.0590. The van der Waals surface area contributed by atoms with Crippen LogP contribution in [0.25, 0.3) is 21.3 Å². The maximum atomic E-state index is 13.4. The van der Waals surface area contributed by atoms with Crippen molar-refractivity contribution < 1.29 is 9.53 Å². The number of amides is 1. The fraction of sp³-hybridized carbons (Fsp3) is 0.259. The molecule has 3 aromatic carbocycles. The molecule has 1 aromatic heterocycles.